The molecule has 2 heterocycles. The van der Waals surface area contributed by atoms with Crippen LogP contribution in [-0.2, 0) is 4.79 Å². The van der Waals surface area contributed by atoms with Crippen LogP contribution in [0.25, 0.3) is 6.08 Å². The maximum absolute atomic E-state index is 12.7. The lowest BCUT2D eigenvalue weighted by atomic mass is 10.2. The molecule has 0 saturated heterocycles. The van der Waals surface area contributed by atoms with Crippen molar-refractivity contribution in [3.63, 3.8) is 0 Å². The summed E-state index contributed by atoms with van der Waals surface area (Å²) >= 11 is 0. The third-order valence-corrected chi connectivity index (χ3v) is 4.61. The number of para-hydroxylation sites is 2. The molecule has 0 fully saturated rings. The molecule has 6 nitrogen and oxygen atoms in total. The van der Waals surface area contributed by atoms with Gasteiger partial charge in [0.2, 0.25) is 12.7 Å². The second-order valence-corrected chi connectivity index (χ2v) is 6.73. The molecule has 0 aromatic heterocycles. The van der Waals surface area contributed by atoms with Gasteiger partial charge in [-0.3, -0.25) is 4.79 Å². The van der Waals surface area contributed by atoms with Gasteiger partial charge in [0.15, 0.2) is 29.1 Å². The van der Waals surface area contributed by atoms with Crippen LogP contribution in [0.4, 0.5) is 0 Å². The highest BCUT2D eigenvalue weighted by molar-refractivity contribution is 5.92. The summed E-state index contributed by atoms with van der Waals surface area (Å²) in [4.78, 5) is 14.5. The molecule has 1 unspecified atom stereocenters. The first kappa shape index (κ1) is 18.2. The minimum Gasteiger partial charge on any atom is -0.486 e. The van der Waals surface area contributed by atoms with E-state index in [2.05, 4.69) is 6.92 Å². The second kappa shape index (κ2) is 8.25. The molecule has 6 heteroatoms. The van der Waals surface area contributed by atoms with E-state index in [0.29, 0.717) is 25.4 Å². The first-order valence-corrected chi connectivity index (χ1v) is 9.48. The van der Waals surface area contributed by atoms with E-state index in [4.69, 9.17) is 18.9 Å². The van der Waals surface area contributed by atoms with Crippen LogP contribution in [0.5, 0.6) is 23.0 Å². The summed E-state index contributed by atoms with van der Waals surface area (Å²) in [5, 5.41) is 0. The molecule has 0 N–H and O–H groups in total. The summed E-state index contributed by atoms with van der Waals surface area (Å²) in [6.07, 6.45) is 4.06. The molecule has 146 valence electrons. The predicted molar refractivity (Wildman–Crippen MR) is 105 cm³/mol. The second-order valence-electron chi connectivity index (χ2n) is 6.73. The van der Waals surface area contributed by atoms with E-state index >= 15 is 0 Å². The van der Waals surface area contributed by atoms with E-state index in [1.807, 2.05) is 42.5 Å². The van der Waals surface area contributed by atoms with Crippen LogP contribution in [0.2, 0.25) is 0 Å². The fourth-order valence-electron chi connectivity index (χ4n) is 3.25. The van der Waals surface area contributed by atoms with Crippen molar-refractivity contribution < 1.29 is 23.7 Å². The lowest BCUT2D eigenvalue weighted by molar-refractivity contribution is -0.127. The summed E-state index contributed by atoms with van der Waals surface area (Å²) < 4.78 is 22.4. The van der Waals surface area contributed by atoms with Gasteiger partial charge in [-0.05, 0) is 42.3 Å². The predicted octanol–water partition coefficient (Wildman–Crippen LogP) is 3.51. The highest BCUT2D eigenvalue weighted by atomic mass is 16.7. The van der Waals surface area contributed by atoms with Gasteiger partial charge in [-0.1, -0.05) is 25.1 Å². The Morgan fingerprint density at radius 3 is 2.71 bits per heavy atom. The van der Waals surface area contributed by atoms with E-state index in [0.717, 1.165) is 29.2 Å². The number of hydrogen-bond donors (Lipinski definition) is 0. The van der Waals surface area contributed by atoms with Crippen molar-refractivity contribution in [1.29, 1.82) is 0 Å². The van der Waals surface area contributed by atoms with Crippen molar-refractivity contribution in [2.75, 3.05) is 26.5 Å². The Balaban J connectivity index is 1.40. The molecule has 28 heavy (non-hydrogen) atoms. The normalized spacial score (nSPS) is 17.0. The van der Waals surface area contributed by atoms with Crippen molar-refractivity contribution in [1.82, 2.24) is 4.90 Å². The lowest BCUT2D eigenvalue weighted by Crippen LogP contribution is -2.43. The maximum Gasteiger partial charge on any atom is 0.246 e. The van der Waals surface area contributed by atoms with Gasteiger partial charge in [-0.25, -0.2) is 0 Å². The maximum atomic E-state index is 12.7. The minimum atomic E-state index is -0.190. The van der Waals surface area contributed by atoms with Crippen molar-refractivity contribution in [2.45, 2.75) is 19.4 Å². The van der Waals surface area contributed by atoms with Crippen LogP contribution in [0.15, 0.2) is 48.5 Å². The van der Waals surface area contributed by atoms with Gasteiger partial charge in [0.05, 0.1) is 6.54 Å². The van der Waals surface area contributed by atoms with E-state index in [1.165, 1.54) is 0 Å². The van der Waals surface area contributed by atoms with E-state index in [-0.39, 0.29) is 18.8 Å². The number of hydrogen-bond acceptors (Lipinski definition) is 5. The average molecular weight is 381 g/mol. The Hall–Kier alpha value is -3.15. The average Bonchev–Trinajstić information content (AvgIpc) is 3.19. The Kier molecular flexibility index (Phi) is 5.37. The molecule has 2 aromatic carbocycles. The number of fused-ring (bicyclic) bond motifs is 2. The third kappa shape index (κ3) is 4.06. The fraction of sp³-hybridized carbons (Fsp3) is 0.318. The number of benzene rings is 2. The summed E-state index contributed by atoms with van der Waals surface area (Å²) in [5.74, 6) is 2.84. The standard InChI is InChI=1S/C22H23NO5/c1-2-11-23(13-17-14-25-18-5-3-4-6-20(18)28-17)22(24)10-8-16-7-9-19-21(12-16)27-15-26-19/h3-10,12,17H,2,11,13-15H2,1H3. The summed E-state index contributed by atoms with van der Waals surface area (Å²) in [5.41, 5.74) is 0.889. The third-order valence-electron chi connectivity index (χ3n) is 4.61. The summed E-state index contributed by atoms with van der Waals surface area (Å²) in [6, 6.07) is 13.2. The molecule has 2 aliphatic rings. The summed E-state index contributed by atoms with van der Waals surface area (Å²) in [6.45, 7) is 3.85. The van der Waals surface area contributed by atoms with Gasteiger partial charge < -0.3 is 23.8 Å². The number of carbonyl (C=O) groups is 1. The van der Waals surface area contributed by atoms with E-state index in [1.54, 1.807) is 17.1 Å². The minimum absolute atomic E-state index is 0.0537. The molecular weight excluding hydrogens is 358 g/mol. The zero-order valence-electron chi connectivity index (χ0n) is 15.8. The SMILES string of the molecule is CCCN(CC1COc2ccccc2O1)C(=O)C=Cc1ccc2c(c1)OCO2. The van der Waals surface area contributed by atoms with E-state index in [9.17, 15) is 4.79 Å². The molecular formula is C22H23NO5. The molecule has 0 bridgehead atoms. The topological polar surface area (TPSA) is 57.2 Å². The highest BCUT2D eigenvalue weighted by Crippen LogP contribution is 2.33. The van der Waals surface area contributed by atoms with Crippen molar-refractivity contribution in [2.24, 2.45) is 0 Å². The van der Waals surface area contributed by atoms with Gasteiger partial charge in [0.1, 0.15) is 6.61 Å². The Labute approximate surface area is 164 Å². The number of amides is 1. The Morgan fingerprint density at radius 2 is 1.86 bits per heavy atom. The van der Waals surface area contributed by atoms with Gasteiger partial charge in [-0.2, -0.15) is 0 Å². The van der Waals surface area contributed by atoms with Crippen LogP contribution in [0, 0.1) is 0 Å². The fourth-order valence-corrected chi connectivity index (χ4v) is 3.25. The first-order chi connectivity index (χ1) is 13.7. The van der Waals surface area contributed by atoms with Crippen LogP contribution in [0.3, 0.4) is 0 Å². The molecule has 0 spiro atoms. The lowest BCUT2D eigenvalue weighted by Gasteiger charge is -2.30. The van der Waals surface area contributed by atoms with Crippen molar-refractivity contribution in [3.05, 3.63) is 54.1 Å². The van der Waals surface area contributed by atoms with Crippen LogP contribution < -0.4 is 18.9 Å². The molecule has 0 aliphatic carbocycles. The molecule has 1 amide bonds. The van der Waals surface area contributed by atoms with Crippen molar-refractivity contribution >= 4 is 12.0 Å². The number of nitrogens with zero attached hydrogens (tertiary/aromatic N) is 1. The summed E-state index contributed by atoms with van der Waals surface area (Å²) in [7, 11) is 0. The number of rotatable bonds is 6. The largest absolute Gasteiger partial charge is 0.486 e. The highest BCUT2D eigenvalue weighted by Gasteiger charge is 2.24. The van der Waals surface area contributed by atoms with Gasteiger partial charge >= 0.3 is 0 Å². The molecule has 2 aromatic rings. The molecule has 1 atom stereocenters. The van der Waals surface area contributed by atoms with Gasteiger partial charge in [-0.15, -0.1) is 0 Å². The zero-order chi connectivity index (χ0) is 19.3. The van der Waals surface area contributed by atoms with Crippen LogP contribution >= 0.6 is 0 Å². The number of ether oxygens (including phenoxy) is 4. The van der Waals surface area contributed by atoms with Crippen LogP contribution in [0.1, 0.15) is 18.9 Å². The quantitative estimate of drug-likeness (QED) is 0.717. The van der Waals surface area contributed by atoms with Crippen LogP contribution in [-0.4, -0.2) is 43.4 Å². The Bertz CT molecular complexity index is 879. The monoisotopic (exact) mass is 381 g/mol. The van der Waals surface area contributed by atoms with Crippen molar-refractivity contribution in [3.8, 4) is 23.0 Å². The van der Waals surface area contributed by atoms with Gasteiger partial charge in [0, 0.05) is 12.6 Å². The zero-order valence-corrected chi connectivity index (χ0v) is 15.8. The molecule has 0 radical (unpaired) electrons. The smallest absolute Gasteiger partial charge is 0.246 e. The first-order valence-electron chi connectivity index (χ1n) is 9.48. The van der Waals surface area contributed by atoms with Gasteiger partial charge in [0.25, 0.3) is 0 Å². The molecule has 2 aliphatic heterocycles. The molecule has 0 saturated carbocycles. The Morgan fingerprint density at radius 1 is 1.07 bits per heavy atom. The molecule has 4 rings (SSSR count). The van der Waals surface area contributed by atoms with E-state index < -0.39 is 0 Å². The number of carbonyl (C=O) groups excluding carboxylic acids is 1.